The first-order valence-electron chi connectivity index (χ1n) is 4.17. The summed E-state index contributed by atoms with van der Waals surface area (Å²) in [5, 5.41) is 0. The molecule has 1 aliphatic carbocycles. The minimum atomic E-state index is 0. The normalized spacial score (nSPS) is 25.6. The van der Waals surface area contributed by atoms with Gasteiger partial charge in [0.15, 0.2) is 0 Å². The van der Waals surface area contributed by atoms with Crippen molar-refractivity contribution in [3.05, 3.63) is 24.5 Å². The number of halogens is 1. The molecule has 1 aromatic heterocycles. The van der Waals surface area contributed by atoms with Gasteiger partial charge in [-0.05, 0) is 25.0 Å². The lowest BCUT2D eigenvalue weighted by Crippen LogP contribution is -2.43. The zero-order valence-corrected chi connectivity index (χ0v) is 8.04. The zero-order valence-electron chi connectivity index (χ0n) is 7.22. The predicted molar refractivity (Wildman–Crippen MR) is 53.1 cm³/mol. The van der Waals surface area contributed by atoms with Crippen molar-refractivity contribution in [2.24, 2.45) is 5.73 Å². The topological polar surface area (TPSA) is 48.1 Å². The Labute approximate surface area is 83.7 Å². The average molecular weight is 201 g/mol. The Balaban J connectivity index is 0.000000845. The van der Waals surface area contributed by atoms with E-state index in [1.54, 1.807) is 12.4 Å². The second-order valence-electron chi connectivity index (χ2n) is 3.15. The molecule has 1 saturated carbocycles. The summed E-state index contributed by atoms with van der Waals surface area (Å²) < 4.78 is 5.60. The van der Waals surface area contributed by atoms with Crippen molar-refractivity contribution < 1.29 is 4.74 Å². The second-order valence-corrected chi connectivity index (χ2v) is 3.15. The quantitative estimate of drug-likeness (QED) is 0.785. The molecule has 1 fully saturated rings. The van der Waals surface area contributed by atoms with Crippen LogP contribution in [0.4, 0.5) is 0 Å². The second kappa shape index (κ2) is 4.44. The van der Waals surface area contributed by atoms with Crippen LogP contribution >= 0.6 is 12.4 Å². The maximum absolute atomic E-state index is 5.63. The largest absolute Gasteiger partial charge is 0.490 e. The Kier molecular flexibility index (Phi) is 3.51. The fourth-order valence-corrected chi connectivity index (χ4v) is 1.31. The number of aromatic nitrogens is 1. The van der Waals surface area contributed by atoms with Crippen LogP contribution in [0.2, 0.25) is 0 Å². The van der Waals surface area contributed by atoms with Gasteiger partial charge in [0.2, 0.25) is 0 Å². The molecule has 2 rings (SSSR count). The van der Waals surface area contributed by atoms with Crippen molar-refractivity contribution >= 4 is 12.4 Å². The molecule has 1 aliphatic rings. The zero-order chi connectivity index (χ0) is 8.39. The molecule has 0 unspecified atom stereocenters. The summed E-state index contributed by atoms with van der Waals surface area (Å²) >= 11 is 0. The molecule has 0 radical (unpaired) electrons. The highest BCUT2D eigenvalue weighted by Gasteiger charge is 2.27. The van der Waals surface area contributed by atoms with Gasteiger partial charge in [-0.15, -0.1) is 12.4 Å². The van der Waals surface area contributed by atoms with Gasteiger partial charge in [-0.1, -0.05) is 0 Å². The number of hydrogen-bond acceptors (Lipinski definition) is 3. The fourth-order valence-electron chi connectivity index (χ4n) is 1.31. The number of ether oxygens (including phenoxy) is 1. The Morgan fingerprint density at radius 2 is 1.92 bits per heavy atom. The van der Waals surface area contributed by atoms with Crippen molar-refractivity contribution in [3.63, 3.8) is 0 Å². The van der Waals surface area contributed by atoms with E-state index >= 15 is 0 Å². The van der Waals surface area contributed by atoms with E-state index in [1.807, 2.05) is 12.1 Å². The molecule has 0 atom stereocenters. The Hall–Kier alpha value is -0.800. The summed E-state index contributed by atoms with van der Waals surface area (Å²) in [7, 11) is 0. The van der Waals surface area contributed by atoms with Gasteiger partial charge in [-0.2, -0.15) is 0 Å². The van der Waals surface area contributed by atoms with Gasteiger partial charge in [0.25, 0.3) is 0 Å². The highest BCUT2D eigenvalue weighted by atomic mass is 35.5. The third kappa shape index (κ3) is 2.57. The van der Waals surface area contributed by atoms with Crippen LogP contribution < -0.4 is 10.5 Å². The third-order valence-corrected chi connectivity index (χ3v) is 2.08. The fraction of sp³-hybridized carbons (Fsp3) is 0.444. The van der Waals surface area contributed by atoms with Crippen molar-refractivity contribution in [1.82, 2.24) is 4.98 Å². The number of rotatable bonds is 2. The number of nitrogens with two attached hydrogens (primary N) is 1. The third-order valence-electron chi connectivity index (χ3n) is 2.08. The van der Waals surface area contributed by atoms with Gasteiger partial charge in [0.05, 0.1) is 0 Å². The molecular formula is C9H13ClN2O. The molecule has 2 N–H and O–H groups in total. The van der Waals surface area contributed by atoms with Crippen LogP contribution in [-0.2, 0) is 0 Å². The van der Waals surface area contributed by atoms with Gasteiger partial charge in [-0.3, -0.25) is 4.98 Å². The van der Waals surface area contributed by atoms with Crippen molar-refractivity contribution in [3.8, 4) is 5.75 Å². The van der Waals surface area contributed by atoms with E-state index < -0.39 is 0 Å². The summed E-state index contributed by atoms with van der Waals surface area (Å²) in [6.45, 7) is 0. The summed E-state index contributed by atoms with van der Waals surface area (Å²) in [6, 6.07) is 4.07. The standard InChI is InChI=1S/C9H12N2O.ClH/c10-7-5-9(6-7)12-8-1-3-11-4-2-8;/h1-4,7,9H,5-6,10H2;1H. The molecule has 0 spiro atoms. The monoisotopic (exact) mass is 200 g/mol. The van der Waals surface area contributed by atoms with Crippen LogP contribution in [0.5, 0.6) is 5.75 Å². The Bertz CT molecular complexity index is 249. The summed E-state index contributed by atoms with van der Waals surface area (Å²) in [5.41, 5.74) is 5.63. The summed E-state index contributed by atoms with van der Waals surface area (Å²) in [4.78, 5) is 3.91. The van der Waals surface area contributed by atoms with Crippen LogP contribution in [-0.4, -0.2) is 17.1 Å². The molecular weight excluding hydrogens is 188 g/mol. The van der Waals surface area contributed by atoms with E-state index in [9.17, 15) is 0 Å². The predicted octanol–water partition coefficient (Wildman–Crippen LogP) is 1.37. The Morgan fingerprint density at radius 1 is 1.31 bits per heavy atom. The molecule has 0 bridgehead atoms. The van der Waals surface area contributed by atoms with Crippen molar-refractivity contribution in [2.45, 2.75) is 25.0 Å². The van der Waals surface area contributed by atoms with Gasteiger partial charge < -0.3 is 10.5 Å². The highest BCUT2D eigenvalue weighted by molar-refractivity contribution is 5.85. The van der Waals surface area contributed by atoms with Crippen LogP contribution in [0.1, 0.15) is 12.8 Å². The highest BCUT2D eigenvalue weighted by Crippen LogP contribution is 2.23. The number of hydrogen-bond donors (Lipinski definition) is 1. The first-order valence-corrected chi connectivity index (χ1v) is 4.17. The first kappa shape index (κ1) is 10.3. The van der Waals surface area contributed by atoms with E-state index in [-0.39, 0.29) is 12.4 Å². The Morgan fingerprint density at radius 3 is 2.46 bits per heavy atom. The maximum Gasteiger partial charge on any atom is 0.122 e. The minimum absolute atomic E-state index is 0. The van der Waals surface area contributed by atoms with E-state index in [0.29, 0.717) is 12.1 Å². The number of nitrogens with zero attached hydrogens (tertiary/aromatic N) is 1. The molecule has 72 valence electrons. The molecule has 1 aromatic rings. The maximum atomic E-state index is 5.63. The molecule has 0 aliphatic heterocycles. The van der Waals surface area contributed by atoms with Crippen molar-refractivity contribution in [1.29, 1.82) is 0 Å². The molecule has 0 amide bonds. The van der Waals surface area contributed by atoms with Gasteiger partial charge in [-0.25, -0.2) is 0 Å². The molecule has 1 heterocycles. The van der Waals surface area contributed by atoms with E-state index in [1.165, 1.54) is 0 Å². The van der Waals surface area contributed by atoms with Crippen molar-refractivity contribution in [2.75, 3.05) is 0 Å². The van der Waals surface area contributed by atoms with E-state index in [4.69, 9.17) is 10.5 Å². The number of pyridine rings is 1. The lowest BCUT2D eigenvalue weighted by molar-refractivity contribution is 0.101. The van der Waals surface area contributed by atoms with Crippen LogP contribution in [0.15, 0.2) is 24.5 Å². The summed E-state index contributed by atoms with van der Waals surface area (Å²) in [5.74, 6) is 0.891. The van der Waals surface area contributed by atoms with Gasteiger partial charge in [0.1, 0.15) is 11.9 Å². The molecule has 0 saturated heterocycles. The van der Waals surface area contributed by atoms with Gasteiger partial charge in [0, 0.05) is 18.4 Å². The average Bonchev–Trinajstić information content (AvgIpc) is 2.04. The SMILES string of the molecule is Cl.NC1CC(Oc2ccncc2)C1. The lowest BCUT2D eigenvalue weighted by atomic mass is 9.90. The molecule has 4 heteroatoms. The van der Waals surface area contributed by atoms with Crippen LogP contribution in [0, 0.1) is 0 Å². The van der Waals surface area contributed by atoms with Crippen LogP contribution in [0.3, 0.4) is 0 Å². The first-order chi connectivity index (χ1) is 5.84. The van der Waals surface area contributed by atoms with E-state index in [0.717, 1.165) is 18.6 Å². The minimum Gasteiger partial charge on any atom is -0.490 e. The molecule has 13 heavy (non-hydrogen) atoms. The lowest BCUT2D eigenvalue weighted by Gasteiger charge is -2.32. The molecule has 0 aromatic carbocycles. The smallest absolute Gasteiger partial charge is 0.122 e. The summed E-state index contributed by atoms with van der Waals surface area (Å²) in [6.07, 6.45) is 5.73. The van der Waals surface area contributed by atoms with Crippen LogP contribution in [0.25, 0.3) is 0 Å². The molecule has 3 nitrogen and oxygen atoms in total. The van der Waals surface area contributed by atoms with E-state index in [2.05, 4.69) is 4.98 Å². The van der Waals surface area contributed by atoms with Gasteiger partial charge >= 0.3 is 0 Å².